The highest BCUT2D eigenvalue weighted by Crippen LogP contribution is 2.16. The highest BCUT2D eigenvalue weighted by molar-refractivity contribution is 5.68. The molecule has 2 aromatic carbocycles. The summed E-state index contributed by atoms with van der Waals surface area (Å²) < 4.78 is 5.39. The summed E-state index contributed by atoms with van der Waals surface area (Å²) >= 11 is 0. The van der Waals surface area contributed by atoms with E-state index in [2.05, 4.69) is 29.7 Å². The number of hydrogen-bond donors (Lipinski definition) is 3. The zero-order valence-corrected chi connectivity index (χ0v) is 17.9. The lowest BCUT2D eigenvalue weighted by Gasteiger charge is -2.28. The van der Waals surface area contributed by atoms with Gasteiger partial charge in [-0.1, -0.05) is 67.6 Å². The van der Waals surface area contributed by atoms with Gasteiger partial charge >= 0.3 is 6.09 Å². The Labute approximate surface area is 174 Å². The van der Waals surface area contributed by atoms with Gasteiger partial charge in [0.2, 0.25) is 0 Å². The van der Waals surface area contributed by atoms with Crippen LogP contribution in [0.3, 0.4) is 0 Å². The first-order valence-electron chi connectivity index (χ1n) is 10.3. The Hall–Kier alpha value is -2.37. The Balaban J connectivity index is 2.04. The molecule has 0 aromatic heterocycles. The summed E-state index contributed by atoms with van der Waals surface area (Å²) in [6.07, 6.45) is 0.137. The van der Waals surface area contributed by atoms with E-state index in [4.69, 9.17) is 4.74 Å². The van der Waals surface area contributed by atoms with E-state index in [1.807, 2.05) is 69.3 Å². The van der Waals surface area contributed by atoms with Gasteiger partial charge in [-0.25, -0.2) is 4.79 Å². The third-order valence-corrected chi connectivity index (χ3v) is 4.65. The number of rotatable bonds is 9. The summed E-state index contributed by atoms with van der Waals surface area (Å²) in [5.41, 5.74) is 1.63. The average molecular weight is 399 g/mol. The van der Waals surface area contributed by atoms with Crippen molar-refractivity contribution in [2.45, 2.75) is 64.3 Å². The van der Waals surface area contributed by atoms with Crippen LogP contribution in [0.4, 0.5) is 4.79 Å². The Kier molecular flexibility index (Phi) is 8.68. The third kappa shape index (κ3) is 8.26. The number of aliphatic hydroxyl groups excluding tert-OH is 1. The molecule has 3 atom stereocenters. The fourth-order valence-electron chi connectivity index (χ4n) is 3.20. The van der Waals surface area contributed by atoms with Crippen molar-refractivity contribution in [3.8, 4) is 0 Å². The molecule has 0 radical (unpaired) electrons. The van der Waals surface area contributed by atoms with Crippen molar-refractivity contribution < 1.29 is 14.6 Å². The van der Waals surface area contributed by atoms with E-state index < -0.39 is 23.8 Å². The van der Waals surface area contributed by atoms with E-state index in [1.54, 1.807) is 0 Å². The lowest BCUT2D eigenvalue weighted by Crippen LogP contribution is -2.50. The van der Waals surface area contributed by atoms with Gasteiger partial charge < -0.3 is 20.5 Å². The number of benzene rings is 2. The van der Waals surface area contributed by atoms with Gasteiger partial charge in [-0.15, -0.1) is 0 Å². The molecule has 1 amide bonds. The van der Waals surface area contributed by atoms with Crippen LogP contribution >= 0.6 is 0 Å². The van der Waals surface area contributed by atoms with Gasteiger partial charge in [-0.05, 0) is 44.7 Å². The first-order valence-corrected chi connectivity index (χ1v) is 10.3. The normalized spacial score (nSPS) is 14.7. The average Bonchev–Trinajstić information content (AvgIpc) is 2.68. The second-order valence-electron chi connectivity index (χ2n) is 8.29. The lowest BCUT2D eigenvalue weighted by molar-refractivity contribution is 0.0419. The zero-order valence-electron chi connectivity index (χ0n) is 17.9. The number of nitrogens with one attached hydrogen (secondary N) is 2. The Morgan fingerprint density at radius 2 is 1.62 bits per heavy atom. The maximum Gasteiger partial charge on any atom is 0.407 e. The van der Waals surface area contributed by atoms with Gasteiger partial charge in [-0.3, -0.25) is 0 Å². The van der Waals surface area contributed by atoms with E-state index in [0.29, 0.717) is 13.0 Å². The van der Waals surface area contributed by atoms with Crippen LogP contribution in [0, 0.1) is 0 Å². The van der Waals surface area contributed by atoms with E-state index in [0.717, 1.165) is 12.0 Å². The van der Waals surface area contributed by atoms with Crippen LogP contribution < -0.4 is 10.6 Å². The SMILES string of the molecule is CC[C@@H](NC[C@@H](O)[C@H](Cc1ccccc1)NC(=O)OC(C)(C)C)c1ccccc1. The molecule has 0 saturated heterocycles. The molecular formula is C24H34N2O3. The molecule has 2 rings (SSSR count). The zero-order chi connectivity index (χ0) is 21.3. The summed E-state index contributed by atoms with van der Waals surface area (Å²) in [7, 11) is 0. The molecule has 0 aliphatic rings. The topological polar surface area (TPSA) is 70.6 Å². The molecule has 5 nitrogen and oxygen atoms in total. The van der Waals surface area contributed by atoms with Crippen LogP contribution in [0.15, 0.2) is 60.7 Å². The summed E-state index contributed by atoms with van der Waals surface area (Å²) in [6.45, 7) is 7.94. The van der Waals surface area contributed by atoms with Crippen molar-refractivity contribution in [1.82, 2.24) is 10.6 Å². The highest BCUT2D eigenvalue weighted by atomic mass is 16.6. The van der Waals surface area contributed by atoms with Crippen LogP contribution in [0.5, 0.6) is 0 Å². The van der Waals surface area contributed by atoms with Crippen LogP contribution in [0.1, 0.15) is 51.3 Å². The quantitative estimate of drug-likeness (QED) is 0.591. The molecule has 0 heterocycles. The number of hydrogen-bond acceptors (Lipinski definition) is 4. The molecule has 158 valence electrons. The highest BCUT2D eigenvalue weighted by Gasteiger charge is 2.25. The van der Waals surface area contributed by atoms with Gasteiger partial charge in [0, 0.05) is 12.6 Å². The third-order valence-electron chi connectivity index (χ3n) is 4.65. The fourth-order valence-corrected chi connectivity index (χ4v) is 3.20. The first-order chi connectivity index (χ1) is 13.8. The van der Waals surface area contributed by atoms with E-state index in [9.17, 15) is 9.90 Å². The Morgan fingerprint density at radius 1 is 1.03 bits per heavy atom. The number of aliphatic hydroxyl groups is 1. The summed E-state index contributed by atoms with van der Waals surface area (Å²) in [5.74, 6) is 0. The Bertz CT molecular complexity index is 729. The van der Waals surface area contributed by atoms with Crippen LogP contribution in [0.2, 0.25) is 0 Å². The van der Waals surface area contributed by atoms with Gasteiger partial charge in [0.1, 0.15) is 5.60 Å². The van der Waals surface area contributed by atoms with E-state index >= 15 is 0 Å². The van der Waals surface area contributed by atoms with Crippen molar-refractivity contribution in [1.29, 1.82) is 0 Å². The molecule has 0 unspecified atom stereocenters. The molecule has 0 aliphatic carbocycles. The number of carbonyl (C=O) groups excluding carboxylic acids is 1. The maximum absolute atomic E-state index is 12.3. The molecule has 5 heteroatoms. The molecule has 0 bridgehead atoms. The standard InChI is InChI=1S/C24H34N2O3/c1-5-20(19-14-10-7-11-15-19)25-17-22(27)21(16-18-12-8-6-9-13-18)26-23(28)29-24(2,3)4/h6-15,20-22,25,27H,5,16-17H2,1-4H3,(H,26,28)/t20-,21+,22-/m1/s1. The molecule has 0 fully saturated rings. The summed E-state index contributed by atoms with van der Waals surface area (Å²) in [6, 6.07) is 19.7. The minimum absolute atomic E-state index is 0.143. The smallest absolute Gasteiger partial charge is 0.407 e. The van der Waals surface area contributed by atoms with Crippen molar-refractivity contribution in [3.05, 3.63) is 71.8 Å². The second-order valence-corrected chi connectivity index (χ2v) is 8.29. The molecule has 2 aromatic rings. The summed E-state index contributed by atoms with van der Waals surface area (Å²) in [5, 5.41) is 17.2. The maximum atomic E-state index is 12.3. The first kappa shape index (κ1) is 22.9. The molecule has 0 spiro atoms. The molecule has 3 N–H and O–H groups in total. The van der Waals surface area contributed by atoms with Crippen molar-refractivity contribution in [2.24, 2.45) is 0 Å². The van der Waals surface area contributed by atoms with Crippen LogP contribution in [-0.2, 0) is 11.2 Å². The van der Waals surface area contributed by atoms with Crippen molar-refractivity contribution in [2.75, 3.05) is 6.54 Å². The fraction of sp³-hybridized carbons (Fsp3) is 0.458. The number of carbonyl (C=O) groups is 1. The van der Waals surface area contributed by atoms with Crippen LogP contribution in [-0.4, -0.2) is 35.5 Å². The Morgan fingerprint density at radius 3 is 2.17 bits per heavy atom. The number of ether oxygens (including phenoxy) is 1. The van der Waals surface area contributed by atoms with E-state index in [-0.39, 0.29) is 6.04 Å². The summed E-state index contributed by atoms with van der Waals surface area (Å²) in [4.78, 5) is 12.3. The molecule has 0 saturated carbocycles. The molecule has 0 aliphatic heterocycles. The van der Waals surface area contributed by atoms with Gasteiger partial charge in [0.05, 0.1) is 12.1 Å². The van der Waals surface area contributed by atoms with Gasteiger partial charge in [0.25, 0.3) is 0 Å². The van der Waals surface area contributed by atoms with E-state index in [1.165, 1.54) is 5.56 Å². The minimum Gasteiger partial charge on any atom is -0.444 e. The van der Waals surface area contributed by atoms with Crippen molar-refractivity contribution >= 4 is 6.09 Å². The number of alkyl carbamates (subject to hydrolysis) is 1. The predicted octanol–water partition coefficient (Wildman–Crippen LogP) is 4.22. The largest absolute Gasteiger partial charge is 0.444 e. The lowest BCUT2D eigenvalue weighted by atomic mass is 10.00. The predicted molar refractivity (Wildman–Crippen MR) is 117 cm³/mol. The van der Waals surface area contributed by atoms with Crippen LogP contribution in [0.25, 0.3) is 0 Å². The van der Waals surface area contributed by atoms with Gasteiger partial charge in [-0.2, -0.15) is 0 Å². The number of amides is 1. The second kappa shape index (κ2) is 11.0. The van der Waals surface area contributed by atoms with Gasteiger partial charge in [0.15, 0.2) is 0 Å². The minimum atomic E-state index is -0.763. The molecule has 29 heavy (non-hydrogen) atoms. The monoisotopic (exact) mass is 398 g/mol. The van der Waals surface area contributed by atoms with Crippen molar-refractivity contribution in [3.63, 3.8) is 0 Å². The molecular weight excluding hydrogens is 364 g/mol.